The first kappa shape index (κ1) is 13.6. The van der Waals surface area contributed by atoms with Crippen LogP contribution in [0.15, 0.2) is 18.3 Å². The number of rotatable bonds is 1. The van der Waals surface area contributed by atoms with Gasteiger partial charge in [-0.05, 0) is 12.1 Å². The Morgan fingerprint density at radius 2 is 2.16 bits per heavy atom. The molecule has 1 atom stereocenters. The van der Waals surface area contributed by atoms with E-state index < -0.39 is 24.0 Å². The molecule has 19 heavy (non-hydrogen) atoms. The number of halogens is 3. The lowest BCUT2D eigenvalue weighted by atomic mass is 10.2. The van der Waals surface area contributed by atoms with Gasteiger partial charge in [0.1, 0.15) is 12.0 Å². The van der Waals surface area contributed by atoms with Crippen LogP contribution >= 0.6 is 0 Å². The Bertz CT molecular complexity index is 492. The molecule has 1 unspecified atom stereocenters. The maximum absolute atomic E-state index is 12.6. The first-order chi connectivity index (χ1) is 8.80. The fourth-order valence-electron chi connectivity index (χ4n) is 1.82. The lowest BCUT2D eigenvalue weighted by Gasteiger charge is -2.36. The highest BCUT2D eigenvalue weighted by Crippen LogP contribution is 2.31. The Kier molecular flexibility index (Phi) is 3.36. The fraction of sp³-hybridized carbons (Fsp3) is 0.455. The lowest BCUT2D eigenvalue weighted by molar-refractivity contribution is -0.137. The smallest absolute Gasteiger partial charge is 0.373 e. The summed E-state index contributed by atoms with van der Waals surface area (Å²) >= 11 is 0. The van der Waals surface area contributed by atoms with Gasteiger partial charge in [-0.2, -0.15) is 13.2 Å². The molecule has 104 valence electrons. The van der Waals surface area contributed by atoms with Crippen molar-refractivity contribution < 1.29 is 23.1 Å². The first-order valence-electron chi connectivity index (χ1n) is 5.56. The van der Waals surface area contributed by atoms with Gasteiger partial charge in [-0.1, -0.05) is 0 Å². The summed E-state index contributed by atoms with van der Waals surface area (Å²) in [5.74, 6) is -0.209. The van der Waals surface area contributed by atoms with E-state index in [0.29, 0.717) is 6.54 Å². The number of aliphatic hydroxyl groups excluding tert-OH is 1. The van der Waals surface area contributed by atoms with Gasteiger partial charge in [0, 0.05) is 26.2 Å². The highest BCUT2D eigenvalue weighted by molar-refractivity contribution is 5.92. The topological polar surface area (TPSA) is 56.7 Å². The molecule has 0 radical (unpaired) electrons. The summed E-state index contributed by atoms with van der Waals surface area (Å²) < 4.78 is 37.8. The van der Waals surface area contributed by atoms with Gasteiger partial charge in [-0.3, -0.25) is 4.90 Å². The maximum atomic E-state index is 12.6. The van der Waals surface area contributed by atoms with E-state index in [1.807, 2.05) is 0 Å². The molecule has 0 bridgehead atoms. The molecule has 1 aliphatic rings. The monoisotopic (exact) mass is 275 g/mol. The van der Waals surface area contributed by atoms with Crippen LogP contribution in [0, 0.1) is 0 Å². The van der Waals surface area contributed by atoms with E-state index >= 15 is 0 Å². The summed E-state index contributed by atoms with van der Waals surface area (Å²) in [6, 6.07) is 0.986. The zero-order chi connectivity index (χ0) is 14.2. The molecule has 1 aliphatic heterocycles. The average Bonchev–Trinajstić information content (AvgIpc) is 2.34. The molecule has 0 aromatic carbocycles. The quantitative estimate of drug-likeness (QED) is 0.848. The molecule has 1 N–H and O–H groups in total. The predicted octanol–water partition coefficient (Wildman–Crippen LogP) is 1.68. The number of hydrogen-bond donors (Lipinski definition) is 1. The molecule has 0 aliphatic carbocycles. The normalized spacial score (nSPS) is 20.9. The van der Waals surface area contributed by atoms with Crippen LogP contribution in [-0.2, 0) is 6.18 Å². The number of hydrogen-bond acceptors (Lipinski definition) is 3. The Morgan fingerprint density at radius 3 is 2.79 bits per heavy atom. The van der Waals surface area contributed by atoms with E-state index in [2.05, 4.69) is 4.98 Å². The number of anilines is 1. The van der Waals surface area contributed by atoms with Crippen LogP contribution < -0.4 is 4.90 Å². The molecule has 2 heterocycles. The van der Waals surface area contributed by atoms with Gasteiger partial charge >= 0.3 is 12.2 Å². The molecular formula is C11H12F3N3O2. The molecule has 1 saturated heterocycles. The second-order valence-corrected chi connectivity index (χ2v) is 4.24. The van der Waals surface area contributed by atoms with Crippen molar-refractivity contribution in [3.8, 4) is 0 Å². The van der Waals surface area contributed by atoms with Crippen molar-refractivity contribution in [2.24, 2.45) is 0 Å². The van der Waals surface area contributed by atoms with Gasteiger partial charge in [0.05, 0.1) is 5.56 Å². The van der Waals surface area contributed by atoms with Gasteiger partial charge in [-0.15, -0.1) is 0 Å². The first-order valence-corrected chi connectivity index (χ1v) is 5.56. The molecule has 0 saturated carbocycles. The van der Waals surface area contributed by atoms with Gasteiger partial charge in [-0.25, -0.2) is 9.78 Å². The molecule has 0 spiro atoms. The van der Waals surface area contributed by atoms with Gasteiger partial charge in [0.2, 0.25) is 0 Å². The van der Waals surface area contributed by atoms with Crippen LogP contribution in [0.3, 0.4) is 0 Å². The van der Waals surface area contributed by atoms with Crippen molar-refractivity contribution in [1.29, 1.82) is 0 Å². The molecule has 2 amide bonds. The summed E-state index contributed by atoms with van der Waals surface area (Å²) in [5, 5.41) is 9.76. The van der Waals surface area contributed by atoms with E-state index in [1.165, 1.54) is 11.9 Å². The second-order valence-electron chi connectivity index (χ2n) is 4.24. The van der Waals surface area contributed by atoms with Crippen molar-refractivity contribution in [2.45, 2.75) is 18.8 Å². The molecule has 8 heteroatoms. The Balaban J connectivity index is 2.37. The molecule has 1 aromatic rings. The van der Waals surface area contributed by atoms with Crippen molar-refractivity contribution >= 4 is 11.8 Å². The Hall–Kier alpha value is -1.83. The highest BCUT2D eigenvalue weighted by atomic mass is 19.4. The van der Waals surface area contributed by atoms with Gasteiger partial charge < -0.3 is 10.0 Å². The number of aliphatic hydroxyl groups is 1. The van der Waals surface area contributed by atoms with Crippen LogP contribution in [0.2, 0.25) is 0 Å². The van der Waals surface area contributed by atoms with E-state index in [1.54, 1.807) is 0 Å². The zero-order valence-corrected chi connectivity index (χ0v) is 10.1. The summed E-state index contributed by atoms with van der Waals surface area (Å²) in [5.41, 5.74) is -0.911. The predicted molar refractivity (Wildman–Crippen MR) is 60.4 cm³/mol. The molecule has 1 aromatic heterocycles. The molecule has 5 nitrogen and oxygen atoms in total. The standard InChI is InChI=1S/C11H12F3N3O2/c1-16-5-3-9(18)17(10(16)19)8-6-7(2-4-15-8)11(12,13)14/h2,4,6,9,18H,3,5H2,1H3. The second kappa shape index (κ2) is 4.69. The summed E-state index contributed by atoms with van der Waals surface area (Å²) in [6.45, 7) is 0.343. The Morgan fingerprint density at radius 1 is 1.47 bits per heavy atom. The van der Waals surface area contributed by atoms with Crippen LogP contribution in [0.1, 0.15) is 12.0 Å². The van der Waals surface area contributed by atoms with Crippen LogP contribution in [0.25, 0.3) is 0 Å². The minimum atomic E-state index is -4.52. The van der Waals surface area contributed by atoms with Crippen LogP contribution in [0.5, 0.6) is 0 Å². The van der Waals surface area contributed by atoms with Crippen molar-refractivity contribution in [1.82, 2.24) is 9.88 Å². The molecule has 1 fully saturated rings. The summed E-state index contributed by atoms with van der Waals surface area (Å²) in [7, 11) is 1.51. The SMILES string of the molecule is CN1CCC(O)N(c2cc(C(F)(F)F)ccn2)C1=O. The van der Waals surface area contributed by atoms with E-state index in [-0.39, 0.29) is 12.2 Å². The number of alkyl halides is 3. The largest absolute Gasteiger partial charge is 0.416 e. The minimum absolute atomic E-state index is 0.209. The number of amides is 2. The third kappa shape index (κ3) is 2.62. The lowest BCUT2D eigenvalue weighted by Crippen LogP contribution is -2.53. The number of carbonyl (C=O) groups is 1. The van der Waals surface area contributed by atoms with Crippen molar-refractivity contribution in [2.75, 3.05) is 18.5 Å². The number of nitrogens with zero attached hydrogens (tertiary/aromatic N) is 3. The molecular weight excluding hydrogens is 263 g/mol. The van der Waals surface area contributed by atoms with Crippen LogP contribution in [-0.4, -0.2) is 40.8 Å². The van der Waals surface area contributed by atoms with E-state index in [0.717, 1.165) is 23.2 Å². The number of aromatic nitrogens is 1. The van der Waals surface area contributed by atoms with Crippen molar-refractivity contribution in [3.05, 3.63) is 23.9 Å². The fourth-order valence-corrected chi connectivity index (χ4v) is 1.82. The highest BCUT2D eigenvalue weighted by Gasteiger charge is 2.35. The van der Waals surface area contributed by atoms with Crippen LogP contribution in [0.4, 0.5) is 23.8 Å². The third-order valence-corrected chi connectivity index (χ3v) is 2.87. The Labute approximate surface area is 107 Å². The average molecular weight is 275 g/mol. The summed E-state index contributed by atoms with van der Waals surface area (Å²) in [6.07, 6.45) is -4.47. The van der Waals surface area contributed by atoms with Crippen molar-refractivity contribution in [3.63, 3.8) is 0 Å². The summed E-state index contributed by atoms with van der Waals surface area (Å²) in [4.78, 5) is 17.8. The molecule has 2 rings (SSSR count). The van der Waals surface area contributed by atoms with Gasteiger partial charge in [0.25, 0.3) is 0 Å². The van der Waals surface area contributed by atoms with E-state index in [4.69, 9.17) is 0 Å². The zero-order valence-electron chi connectivity index (χ0n) is 10.1. The number of pyridine rings is 1. The third-order valence-electron chi connectivity index (χ3n) is 2.87. The number of urea groups is 1. The minimum Gasteiger partial charge on any atom is -0.373 e. The number of carbonyl (C=O) groups excluding carboxylic acids is 1. The van der Waals surface area contributed by atoms with E-state index in [9.17, 15) is 23.1 Å². The van der Waals surface area contributed by atoms with Gasteiger partial charge in [0.15, 0.2) is 0 Å². The maximum Gasteiger partial charge on any atom is 0.416 e.